The summed E-state index contributed by atoms with van der Waals surface area (Å²) < 4.78 is 0. The van der Waals surface area contributed by atoms with Gasteiger partial charge in [0.1, 0.15) is 0 Å². The molecule has 0 spiro atoms. The summed E-state index contributed by atoms with van der Waals surface area (Å²) in [5.41, 5.74) is 3.85. The van der Waals surface area contributed by atoms with Gasteiger partial charge >= 0.3 is 12.0 Å². The van der Waals surface area contributed by atoms with Crippen LogP contribution in [-0.2, 0) is 0 Å². The van der Waals surface area contributed by atoms with E-state index in [1.165, 1.54) is 56.1 Å². The fourth-order valence-electron chi connectivity index (χ4n) is 12.5. The van der Waals surface area contributed by atoms with Gasteiger partial charge in [-0.1, -0.05) is 52.3 Å². The van der Waals surface area contributed by atoms with Gasteiger partial charge in [0.05, 0.1) is 5.56 Å². The van der Waals surface area contributed by atoms with Crippen molar-refractivity contribution in [3.8, 4) is 0 Å². The lowest BCUT2D eigenvalue weighted by Gasteiger charge is -2.71. The van der Waals surface area contributed by atoms with Crippen LogP contribution in [0.5, 0.6) is 0 Å². The zero-order chi connectivity index (χ0) is 31.1. The zero-order valence-electron chi connectivity index (χ0n) is 27.8. The number of carbonyl (C=O) groups excluding carboxylic acids is 1. The average Bonchev–Trinajstić information content (AvgIpc) is 3.41. The fourth-order valence-corrected chi connectivity index (χ4v) is 12.5. The summed E-state index contributed by atoms with van der Waals surface area (Å²) in [6.07, 6.45) is 14.9. The summed E-state index contributed by atoms with van der Waals surface area (Å²) in [5, 5.41) is 13.1. The summed E-state index contributed by atoms with van der Waals surface area (Å²) in [7, 11) is 2.15. The van der Waals surface area contributed by atoms with E-state index < -0.39 is 5.97 Å². The topological polar surface area (TPSA) is 72.9 Å². The number of nitrogens with one attached hydrogen (secondary N) is 1. The SMILES string of the molecule is CC1C(c2ccc(C(=O)O)cc2)=CC[C@@]2(C)C1CCC1(C)C2CC[C@@H]2C3CCC[C@]3(NC(=O)N3CCN(C)CC3)CC[C@]21C. The van der Waals surface area contributed by atoms with E-state index in [0.29, 0.717) is 46.0 Å². The van der Waals surface area contributed by atoms with E-state index in [1.807, 2.05) is 12.1 Å². The molecule has 1 saturated heterocycles. The molecule has 1 aromatic rings. The lowest BCUT2D eigenvalue weighted by atomic mass is 9.34. The van der Waals surface area contributed by atoms with Crippen LogP contribution < -0.4 is 5.32 Å². The molecule has 1 heterocycles. The summed E-state index contributed by atoms with van der Waals surface area (Å²) in [6, 6.07) is 7.76. The molecule has 6 aliphatic rings. The monoisotopic (exact) mass is 601 g/mol. The van der Waals surface area contributed by atoms with Crippen LogP contribution in [0.15, 0.2) is 30.3 Å². The predicted octanol–water partition coefficient (Wildman–Crippen LogP) is 7.55. The Hall–Kier alpha value is -2.34. The van der Waals surface area contributed by atoms with E-state index in [1.54, 1.807) is 12.1 Å². The Kier molecular flexibility index (Phi) is 7.31. The van der Waals surface area contributed by atoms with Crippen LogP contribution in [0.2, 0.25) is 0 Å². The van der Waals surface area contributed by atoms with E-state index in [4.69, 9.17) is 0 Å². The van der Waals surface area contributed by atoms with Crippen molar-refractivity contribution in [3.63, 3.8) is 0 Å². The molecular weight excluding hydrogens is 546 g/mol. The minimum absolute atomic E-state index is 0.0118. The van der Waals surface area contributed by atoms with Gasteiger partial charge in [-0.15, -0.1) is 0 Å². The highest BCUT2D eigenvalue weighted by atomic mass is 16.4. The summed E-state index contributed by atoms with van der Waals surface area (Å²) in [4.78, 5) is 29.4. The lowest BCUT2D eigenvalue weighted by Crippen LogP contribution is -2.68. The molecular formula is C38H55N3O3. The van der Waals surface area contributed by atoms with Gasteiger partial charge in [-0.3, -0.25) is 0 Å². The van der Waals surface area contributed by atoms with Crippen LogP contribution in [0.25, 0.3) is 5.57 Å². The lowest BCUT2D eigenvalue weighted by molar-refractivity contribution is -0.210. The van der Waals surface area contributed by atoms with Crippen molar-refractivity contribution in [3.05, 3.63) is 41.5 Å². The molecule has 2 amide bonds. The number of amides is 2. The Morgan fingerprint density at radius 2 is 1.57 bits per heavy atom. The first-order valence-corrected chi connectivity index (χ1v) is 17.7. The van der Waals surface area contributed by atoms with E-state index in [0.717, 1.165) is 45.4 Å². The number of aromatic carboxylic acids is 1. The molecule has 7 rings (SSSR count). The maximum atomic E-state index is 13.6. The molecule has 5 unspecified atom stereocenters. The zero-order valence-corrected chi connectivity index (χ0v) is 27.8. The molecule has 4 saturated carbocycles. The molecule has 0 bridgehead atoms. The predicted molar refractivity (Wildman–Crippen MR) is 175 cm³/mol. The Morgan fingerprint density at radius 3 is 2.27 bits per heavy atom. The number of rotatable bonds is 3. The summed E-state index contributed by atoms with van der Waals surface area (Å²) >= 11 is 0. The van der Waals surface area contributed by atoms with Crippen LogP contribution in [0.4, 0.5) is 4.79 Å². The number of carbonyl (C=O) groups is 2. The number of hydrogen-bond acceptors (Lipinski definition) is 3. The number of carboxylic acid groups (broad SMARTS) is 1. The van der Waals surface area contributed by atoms with Crippen molar-refractivity contribution in [2.45, 2.75) is 97.4 Å². The van der Waals surface area contributed by atoms with Crippen molar-refractivity contribution in [1.82, 2.24) is 15.1 Å². The average molecular weight is 602 g/mol. The number of likely N-dealkylation sites (N-methyl/N-ethyl adjacent to an activating group) is 1. The molecule has 0 aromatic heterocycles. The largest absolute Gasteiger partial charge is 0.478 e. The number of fused-ring (bicyclic) bond motifs is 7. The Morgan fingerprint density at radius 1 is 0.841 bits per heavy atom. The van der Waals surface area contributed by atoms with Gasteiger partial charge in [0.15, 0.2) is 0 Å². The fraction of sp³-hybridized carbons (Fsp3) is 0.737. The van der Waals surface area contributed by atoms with E-state index in [2.05, 4.69) is 55.9 Å². The van der Waals surface area contributed by atoms with Crippen molar-refractivity contribution in [2.75, 3.05) is 33.2 Å². The Balaban J connectivity index is 1.13. The second-order valence-electron chi connectivity index (χ2n) is 16.6. The molecule has 1 aliphatic heterocycles. The molecule has 5 fully saturated rings. The number of hydrogen-bond donors (Lipinski definition) is 2. The Bertz CT molecular complexity index is 1330. The number of urea groups is 1. The van der Waals surface area contributed by atoms with Crippen LogP contribution in [0.1, 0.15) is 108 Å². The summed E-state index contributed by atoms with van der Waals surface area (Å²) in [6.45, 7) is 14.0. The molecule has 1 aromatic carbocycles. The highest BCUT2D eigenvalue weighted by molar-refractivity contribution is 5.88. The molecule has 44 heavy (non-hydrogen) atoms. The maximum Gasteiger partial charge on any atom is 0.335 e. The third-order valence-electron chi connectivity index (χ3n) is 15.2. The highest BCUT2D eigenvalue weighted by Gasteiger charge is 2.68. The van der Waals surface area contributed by atoms with Gasteiger partial charge in [0.2, 0.25) is 0 Å². The Labute approximate surface area is 265 Å². The second-order valence-corrected chi connectivity index (χ2v) is 16.6. The van der Waals surface area contributed by atoms with Crippen molar-refractivity contribution in [1.29, 1.82) is 0 Å². The number of carboxylic acids is 1. The van der Waals surface area contributed by atoms with Gasteiger partial charge < -0.3 is 20.2 Å². The first-order valence-electron chi connectivity index (χ1n) is 17.7. The number of piperazine rings is 1. The smallest absolute Gasteiger partial charge is 0.335 e. The quantitative estimate of drug-likeness (QED) is 0.375. The van der Waals surface area contributed by atoms with Gasteiger partial charge in [-0.25, -0.2) is 9.59 Å². The molecule has 2 N–H and O–H groups in total. The minimum Gasteiger partial charge on any atom is -0.478 e. The summed E-state index contributed by atoms with van der Waals surface area (Å²) in [5.74, 6) is 2.26. The number of allylic oxidation sites excluding steroid dienone is 2. The maximum absolute atomic E-state index is 13.6. The van der Waals surface area contributed by atoms with E-state index in [9.17, 15) is 14.7 Å². The van der Waals surface area contributed by atoms with E-state index in [-0.39, 0.29) is 17.0 Å². The van der Waals surface area contributed by atoms with Crippen LogP contribution >= 0.6 is 0 Å². The van der Waals surface area contributed by atoms with Gasteiger partial charge in [0.25, 0.3) is 0 Å². The minimum atomic E-state index is -0.861. The van der Waals surface area contributed by atoms with Crippen LogP contribution in [-0.4, -0.2) is 65.7 Å². The van der Waals surface area contributed by atoms with Crippen molar-refractivity contribution < 1.29 is 14.7 Å². The van der Waals surface area contributed by atoms with Crippen LogP contribution in [0, 0.1) is 45.8 Å². The number of benzene rings is 1. The van der Waals surface area contributed by atoms with Crippen LogP contribution in [0.3, 0.4) is 0 Å². The van der Waals surface area contributed by atoms with Gasteiger partial charge in [0, 0.05) is 31.7 Å². The third kappa shape index (κ3) is 4.36. The molecule has 0 radical (unpaired) electrons. The molecule has 6 nitrogen and oxygen atoms in total. The number of nitrogens with zero attached hydrogens (tertiary/aromatic N) is 2. The van der Waals surface area contributed by atoms with Crippen molar-refractivity contribution in [2.24, 2.45) is 45.8 Å². The molecule has 240 valence electrons. The molecule has 6 heteroatoms. The highest BCUT2D eigenvalue weighted by Crippen LogP contribution is 2.75. The van der Waals surface area contributed by atoms with Crippen molar-refractivity contribution >= 4 is 17.6 Å². The van der Waals surface area contributed by atoms with Gasteiger partial charge in [-0.05, 0) is 134 Å². The normalized spacial score (nSPS) is 43.6. The third-order valence-corrected chi connectivity index (χ3v) is 15.2. The van der Waals surface area contributed by atoms with Gasteiger partial charge in [-0.2, -0.15) is 0 Å². The first kappa shape index (κ1) is 30.3. The second kappa shape index (κ2) is 10.6. The van der Waals surface area contributed by atoms with E-state index >= 15 is 0 Å². The first-order chi connectivity index (χ1) is 20.9. The molecule has 9 atom stereocenters. The molecule has 5 aliphatic carbocycles. The standard InChI is InChI=1S/C38H55N3O3/c1-25-28(26-8-10-27(11-9-26)33(42)43)14-17-35(2)29(25)15-18-37(4)32(35)13-12-30-31-7-6-16-38(31,20-19-36(30,37)3)39-34(44)41-23-21-40(5)22-24-41/h8-11,14,25,29-32H,6-7,12-13,15-24H2,1-5H3,(H,39,44)(H,42,43)/t25?,29?,30-,31?,32?,35+,36-,37?,38+/m1/s1.